The molecular formula is C26H45NO20. The van der Waals surface area contributed by atoms with Gasteiger partial charge in [0.25, 0.3) is 0 Å². The molecule has 0 radical (unpaired) electrons. The first-order valence-corrected chi connectivity index (χ1v) is 15.0. The third-order valence-electron chi connectivity index (χ3n) is 8.57. The van der Waals surface area contributed by atoms with Crippen LogP contribution >= 0.6 is 0 Å². The maximum Gasteiger partial charge on any atom is 0.217 e. The van der Waals surface area contributed by atoms with Gasteiger partial charge in [-0.3, -0.25) is 4.79 Å². The largest absolute Gasteiger partial charge is 0.394 e. The summed E-state index contributed by atoms with van der Waals surface area (Å²) >= 11 is 0. The Labute approximate surface area is 267 Å². The highest BCUT2D eigenvalue weighted by molar-refractivity contribution is 5.73. The maximum absolute atomic E-state index is 12.5. The number of aliphatic hydroxyl groups is 12. The summed E-state index contributed by atoms with van der Waals surface area (Å²) in [6.07, 6.45) is -32.7. The Kier molecular flexibility index (Phi) is 13.2. The molecule has 0 bridgehead atoms. The van der Waals surface area contributed by atoms with Crippen LogP contribution < -0.4 is 5.32 Å². The Morgan fingerprint density at radius 2 is 1.04 bits per heavy atom. The highest BCUT2D eigenvalue weighted by Crippen LogP contribution is 2.35. The molecule has 274 valence electrons. The number of hydrogen-bond acceptors (Lipinski definition) is 20. The number of carbonyl (C=O) groups is 1. The van der Waals surface area contributed by atoms with Crippen molar-refractivity contribution < 1.29 is 99.2 Å². The minimum atomic E-state index is -1.96. The molecule has 47 heavy (non-hydrogen) atoms. The molecule has 21 nitrogen and oxygen atoms in total. The molecule has 0 aliphatic carbocycles. The lowest BCUT2D eigenvalue weighted by atomic mass is 9.93. The standard InChI is InChI=1S/C26H45NO20/c1-6-12(32)15(35)17(37)25(41-6)46-21-11(27-7(2)31)24(47-22-14(34)9(4-29)42-23(40)19(22)39)44-10(5-30)20(21)45-26-18(38)16(36)13(33)8(3-28)43-26/h6,8-26,28-30,32-40H,3-5H2,1-2H3,(H,27,31)/t6-,8+,9+,10+,11+,12+,13-,14-,15+,16-,17-,18+,19+,20+,21+,22-,23-,24-,25-,26-/m0/s1. The van der Waals surface area contributed by atoms with Crippen LogP contribution in [-0.4, -0.2) is 210 Å². The minimum Gasteiger partial charge on any atom is -0.394 e. The van der Waals surface area contributed by atoms with Crippen molar-refractivity contribution in [2.45, 2.75) is 137 Å². The molecule has 0 aromatic carbocycles. The van der Waals surface area contributed by atoms with Gasteiger partial charge in [-0.25, -0.2) is 0 Å². The van der Waals surface area contributed by atoms with Crippen LogP contribution in [0.4, 0.5) is 0 Å². The number of carbonyl (C=O) groups excluding carboxylic acids is 1. The van der Waals surface area contributed by atoms with Crippen molar-refractivity contribution >= 4 is 5.91 Å². The first-order valence-electron chi connectivity index (χ1n) is 15.0. The number of rotatable bonds is 10. The van der Waals surface area contributed by atoms with Crippen LogP contribution in [0.25, 0.3) is 0 Å². The molecule has 4 aliphatic heterocycles. The molecule has 4 fully saturated rings. The summed E-state index contributed by atoms with van der Waals surface area (Å²) < 4.78 is 39.5. The molecule has 0 saturated carbocycles. The van der Waals surface area contributed by atoms with Gasteiger partial charge in [0, 0.05) is 6.92 Å². The lowest BCUT2D eigenvalue weighted by Crippen LogP contribution is -2.71. The van der Waals surface area contributed by atoms with E-state index in [1.807, 2.05) is 0 Å². The second-order valence-electron chi connectivity index (χ2n) is 11.9. The van der Waals surface area contributed by atoms with Crippen LogP contribution in [0.15, 0.2) is 0 Å². The van der Waals surface area contributed by atoms with E-state index in [2.05, 4.69) is 5.32 Å². The molecule has 4 rings (SSSR count). The Hall–Kier alpha value is -1.29. The summed E-state index contributed by atoms with van der Waals surface area (Å²) in [5.41, 5.74) is 0. The Morgan fingerprint density at radius 3 is 1.62 bits per heavy atom. The molecule has 20 atom stereocenters. The first kappa shape index (κ1) is 38.5. The van der Waals surface area contributed by atoms with E-state index in [-0.39, 0.29) is 0 Å². The van der Waals surface area contributed by atoms with Gasteiger partial charge in [-0.1, -0.05) is 0 Å². The van der Waals surface area contributed by atoms with E-state index in [4.69, 9.17) is 33.2 Å². The molecule has 1 amide bonds. The molecule has 0 aromatic rings. The van der Waals surface area contributed by atoms with Crippen LogP contribution in [0.2, 0.25) is 0 Å². The van der Waals surface area contributed by atoms with Gasteiger partial charge in [0.2, 0.25) is 5.91 Å². The maximum atomic E-state index is 12.5. The average molecular weight is 692 g/mol. The van der Waals surface area contributed by atoms with Gasteiger partial charge >= 0.3 is 0 Å². The molecule has 21 heteroatoms. The second kappa shape index (κ2) is 16.2. The predicted octanol–water partition coefficient (Wildman–Crippen LogP) is -8.58. The van der Waals surface area contributed by atoms with Gasteiger partial charge in [-0.2, -0.15) is 0 Å². The van der Waals surface area contributed by atoms with E-state index in [9.17, 15) is 66.1 Å². The van der Waals surface area contributed by atoms with Crippen LogP contribution in [0.1, 0.15) is 13.8 Å². The second-order valence-corrected chi connectivity index (χ2v) is 11.9. The smallest absolute Gasteiger partial charge is 0.217 e. The van der Waals surface area contributed by atoms with E-state index in [0.29, 0.717) is 0 Å². The van der Waals surface area contributed by atoms with E-state index in [1.165, 1.54) is 6.92 Å². The third kappa shape index (κ3) is 8.04. The van der Waals surface area contributed by atoms with Gasteiger partial charge in [-0.05, 0) is 6.92 Å². The summed E-state index contributed by atoms with van der Waals surface area (Å²) in [4.78, 5) is 12.5. The quantitative estimate of drug-likeness (QED) is 0.101. The zero-order chi connectivity index (χ0) is 34.9. The fourth-order valence-electron chi connectivity index (χ4n) is 5.88. The Morgan fingerprint density at radius 1 is 0.553 bits per heavy atom. The van der Waals surface area contributed by atoms with Crippen molar-refractivity contribution in [3.8, 4) is 0 Å². The minimum absolute atomic E-state index is 0.759. The number of amides is 1. The third-order valence-corrected chi connectivity index (χ3v) is 8.57. The lowest BCUT2D eigenvalue weighted by molar-refractivity contribution is -0.384. The number of aliphatic hydroxyl groups excluding tert-OH is 12. The van der Waals surface area contributed by atoms with Gasteiger partial charge < -0.3 is 99.8 Å². The topological polar surface area (TPSA) is 336 Å². The SMILES string of the molecule is CC(=O)N[C@H]1[C@H](O[C@@H]2[C@@H](O)[C@@H](O)O[C@H](CO)[C@@H]2O)O[C@H](CO)[C@@H](O[C@@H]2O[C@H](CO)[C@H](O)[C@H](O)[C@H]2O)[C@@H]1O[C@@H]1O[C@@H](C)[C@@H](O)[C@@H](O)[C@@H]1O. The van der Waals surface area contributed by atoms with Crippen LogP contribution in [0.5, 0.6) is 0 Å². The summed E-state index contributed by atoms with van der Waals surface area (Å²) in [6.45, 7) is -0.142. The molecular weight excluding hydrogens is 646 g/mol. The van der Waals surface area contributed by atoms with Crippen molar-refractivity contribution in [3.05, 3.63) is 0 Å². The Bertz CT molecular complexity index is 1010. The van der Waals surface area contributed by atoms with Gasteiger partial charge in [0.15, 0.2) is 25.2 Å². The molecule has 0 unspecified atom stereocenters. The van der Waals surface area contributed by atoms with Crippen molar-refractivity contribution in [1.29, 1.82) is 0 Å². The highest BCUT2D eigenvalue weighted by Gasteiger charge is 2.56. The number of ether oxygens (including phenoxy) is 7. The normalized spacial score (nSPS) is 51.0. The van der Waals surface area contributed by atoms with Crippen LogP contribution in [-0.2, 0) is 38.0 Å². The molecule has 13 N–H and O–H groups in total. The first-order chi connectivity index (χ1) is 22.1. The van der Waals surface area contributed by atoms with Gasteiger partial charge in [0.1, 0.15) is 91.5 Å². The monoisotopic (exact) mass is 691 g/mol. The predicted molar refractivity (Wildman–Crippen MR) is 144 cm³/mol. The van der Waals surface area contributed by atoms with E-state index in [0.717, 1.165) is 6.92 Å². The van der Waals surface area contributed by atoms with E-state index in [1.54, 1.807) is 0 Å². The summed E-state index contributed by atoms with van der Waals surface area (Å²) in [5, 5.41) is 126. The lowest BCUT2D eigenvalue weighted by Gasteiger charge is -2.51. The molecule has 4 aliphatic rings. The zero-order valence-electron chi connectivity index (χ0n) is 25.3. The highest BCUT2D eigenvalue weighted by atomic mass is 16.8. The van der Waals surface area contributed by atoms with Crippen LogP contribution in [0, 0.1) is 0 Å². The summed E-state index contributed by atoms with van der Waals surface area (Å²) in [7, 11) is 0. The number of hydrogen-bond donors (Lipinski definition) is 13. The average Bonchev–Trinajstić information content (AvgIpc) is 3.04. The molecule has 4 saturated heterocycles. The molecule has 0 aromatic heterocycles. The Balaban J connectivity index is 1.73. The van der Waals surface area contributed by atoms with Gasteiger partial charge in [0.05, 0.1) is 25.9 Å². The fraction of sp³-hybridized carbons (Fsp3) is 0.962. The molecule has 4 heterocycles. The zero-order valence-corrected chi connectivity index (χ0v) is 25.3. The fourth-order valence-corrected chi connectivity index (χ4v) is 5.88. The number of nitrogens with one attached hydrogen (secondary N) is 1. The van der Waals surface area contributed by atoms with E-state index >= 15 is 0 Å². The van der Waals surface area contributed by atoms with Crippen molar-refractivity contribution in [3.63, 3.8) is 0 Å². The van der Waals surface area contributed by atoms with Crippen molar-refractivity contribution in [2.75, 3.05) is 19.8 Å². The van der Waals surface area contributed by atoms with Crippen LogP contribution in [0.3, 0.4) is 0 Å². The summed E-state index contributed by atoms with van der Waals surface area (Å²) in [6, 6.07) is -1.60. The van der Waals surface area contributed by atoms with Gasteiger partial charge in [-0.15, -0.1) is 0 Å². The molecule has 0 spiro atoms. The van der Waals surface area contributed by atoms with E-state index < -0.39 is 148 Å². The van der Waals surface area contributed by atoms with Crippen molar-refractivity contribution in [2.24, 2.45) is 0 Å². The van der Waals surface area contributed by atoms with Crippen molar-refractivity contribution in [1.82, 2.24) is 5.32 Å². The summed E-state index contributed by atoms with van der Waals surface area (Å²) in [5.74, 6) is -0.759.